The molecule has 1 N–H and O–H groups in total. The molecule has 2 heterocycles. The van der Waals surface area contributed by atoms with E-state index in [-0.39, 0.29) is 18.3 Å². The molecule has 0 spiro atoms. The van der Waals surface area contributed by atoms with Crippen molar-refractivity contribution in [2.45, 2.75) is 26.4 Å². The average molecular weight is 535 g/mol. The van der Waals surface area contributed by atoms with E-state index in [1.807, 2.05) is 50.2 Å². The lowest BCUT2D eigenvalue weighted by Crippen LogP contribution is -2.05. The smallest absolute Gasteiger partial charge is 0.375 e. The van der Waals surface area contributed by atoms with Crippen LogP contribution in [0.4, 0.5) is 0 Å². The van der Waals surface area contributed by atoms with E-state index in [1.165, 1.54) is 0 Å². The quantitative estimate of drug-likeness (QED) is 0.236. The molecule has 0 atom stereocenters. The van der Waals surface area contributed by atoms with Gasteiger partial charge in [0.15, 0.2) is 0 Å². The Kier molecular flexibility index (Phi) is 6.78. The summed E-state index contributed by atoms with van der Waals surface area (Å²) in [5.74, 6) is -0.109. The van der Waals surface area contributed by atoms with E-state index in [4.69, 9.17) is 37.6 Å². The van der Waals surface area contributed by atoms with Crippen molar-refractivity contribution in [1.29, 1.82) is 0 Å². The third-order valence-corrected chi connectivity index (χ3v) is 6.39. The molecule has 0 unspecified atom stereocenters. The molecule has 2 aromatic heterocycles. The lowest BCUT2D eigenvalue weighted by molar-refractivity contribution is 0.0682. The number of aromatic nitrogens is 4. The van der Waals surface area contributed by atoms with Gasteiger partial charge in [-0.3, -0.25) is 0 Å². The van der Waals surface area contributed by atoms with Gasteiger partial charge >= 0.3 is 5.97 Å². The number of aromatic carboxylic acids is 1. The lowest BCUT2D eigenvalue weighted by Gasteiger charge is -2.11. The first-order valence-electron chi connectivity index (χ1n) is 11.4. The molecule has 0 saturated heterocycles. The summed E-state index contributed by atoms with van der Waals surface area (Å²) in [6.45, 7) is 4.25. The largest absolute Gasteiger partial charge is 0.489 e. The molecule has 0 radical (unpaired) electrons. The standard InChI is InChI=1S/C27H20Cl2N4O4/c1-14(2)25-18(24(33-37-25)23-19(28)4-3-5-20(23)29)13-36-17-9-6-15(7-10-17)16-8-11-21-22(12-16)31-32-26(30-21)27(34)35/h3-12,14H,13H2,1-2H3,(H,34,35). The first kappa shape index (κ1) is 24.7. The molecule has 3 aromatic carbocycles. The zero-order valence-electron chi connectivity index (χ0n) is 19.8. The van der Waals surface area contributed by atoms with Crippen LogP contribution in [0.5, 0.6) is 5.75 Å². The van der Waals surface area contributed by atoms with Crippen LogP contribution in [0.25, 0.3) is 33.4 Å². The second kappa shape index (κ2) is 10.2. The van der Waals surface area contributed by atoms with E-state index in [9.17, 15) is 4.79 Å². The van der Waals surface area contributed by atoms with Crippen LogP contribution in [0.2, 0.25) is 10.0 Å². The molecule has 8 nitrogen and oxygen atoms in total. The van der Waals surface area contributed by atoms with Gasteiger partial charge in [-0.25, -0.2) is 9.78 Å². The zero-order valence-corrected chi connectivity index (χ0v) is 21.3. The van der Waals surface area contributed by atoms with E-state index in [0.29, 0.717) is 43.8 Å². The number of rotatable bonds is 7. The van der Waals surface area contributed by atoms with Crippen molar-refractivity contribution in [2.24, 2.45) is 0 Å². The van der Waals surface area contributed by atoms with E-state index < -0.39 is 5.97 Å². The van der Waals surface area contributed by atoms with E-state index >= 15 is 0 Å². The Labute approximate surface area is 221 Å². The van der Waals surface area contributed by atoms with E-state index in [0.717, 1.165) is 16.7 Å². The highest BCUT2D eigenvalue weighted by Gasteiger charge is 2.23. The molecular weight excluding hydrogens is 515 g/mol. The van der Waals surface area contributed by atoms with Gasteiger partial charge in [0.05, 0.1) is 21.1 Å². The van der Waals surface area contributed by atoms with Crippen LogP contribution in [0.1, 0.15) is 41.7 Å². The molecular formula is C27H20Cl2N4O4. The summed E-state index contributed by atoms with van der Waals surface area (Å²) < 4.78 is 11.8. The van der Waals surface area contributed by atoms with Crippen molar-refractivity contribution in [2.75, 3.05) is 0 Å². The van der Waals surface area contributed by atoms with Crippen LogP contribution in [0, 0.1) is 0 Å². The molecule has 0 aliphatic heterocycles. The van der Waals surface area contributed by atoms with Gasteiger partial charge in [-0.15, -0.1) is 10.2 Å². The maximum absolute atomic E-state index is 11.1. The van der Waals surface area contributed by atoms with Gasteiger partial charge in [0, 0.05) is 11.5 Å². The molecule has 0 bridgehead atoms. The minimum Gasteiger partial charge on any atom is -0.489 e. The molecule has 37 heavy (non-hydrogen) atoms. The van der Waals surface area contributed by atoms with Crippen molar-refractivity contribution >= 4 is 40.2 Å². The van der Waals surface area contributed by atoms with E-state index in [2.05, 4.69) is 20.3 Å². The molecule has 0 fully saturated rings. The first-order chi connectivity index (χ1) is 17.8. The number of halogens is 2. The van der Waals surface area contributed by atoms with Crippen molar-refractivity contribution in [1.82, 2.24) is 20.3 Å². The summed E-state index contributed by atoms with van der Waals surface area (Å²) >= 11 is 12.9. The number of carboxylic acids is 1. The molecule has 5 rings (SSSR count). The minimum absolute atomic E-state index is 0.0839. The van der Waals surface area contributed by atoms with Gasteiger partial charge in [0.1, 0.15) is 29.3 Å². The Morgan fingerprint density at radius 3 is 2.35 bits per heavy atom. The van der Waals surface area contributed by atoms with Gasteiger partial charge in [-0.1, -0.05) is 66.5 Å². The average Bonchev–Trinajstić information content (AvgIpc) is 3.31. The number of hydrogen-bond donors (Lipinski definition) is 1. The van der Waals surface area contributed by atoms with Crippen LogP contribution in [0.3, 0.4) is 0 Å². The maximum Gasteiger partial charge on any atom is 0.375 e. The Bertz CT molecular complexity index is 1600. The monoisotopic (exact) mass is 534 g/mol. The summed E-state index contributed by atoms with van der Waals surface area (Å²) in [7, 11) is 0. The SMILES string of the molecule is CC(C)c1onc(-c2c(Cl)cccc2Cl)c1COc1ccc(-c2ccc3nc(C(=O)O)nnc3c2)cc1. The molecule has 0 aliphatic carbocycles. The Balaban J connectivity index is 1.38. The summed E-state index contributed by atoms with van der Waals surface area (Å²) in [6, 6.07) is 18.2. The van der Waals surface area contributed by atoms with Gasteiger partial charge < -0.3 is 14.4 Å². The Morgan fingerprint density at radius 2 is 1.68 bits per heavy atom. The minimum atomic E-state index is -1.22. The van der Waals surface area contributed by atoms with Crippen molar-refractivity contribution in [3.05, 3.63) is 87.9 Å². The Morgan fingerprint density at radius 1 is 0.973 bits per heavy atom. The highest BCUT2D eigenvalue weighted by atomic mass is 35.5. The fourth-order valence-electron chi connectivity index (χ4n) is 3.94. The number of fused-ring (bicyclic) bond motifs is 1. The maximum atomic E-state index is 11.1. The van der Waals surface area contributed by atoms with Gasteiger partial charge in [-0.2, -0.15) is 0 Å². The van der Waals surface area contributed by atoms with Crippen molar-refractivity contribution in [3.63, 3.8) is 0 Å². The Hall–Kier alpha value is -4.01. The molecule has 5 aromatic rings. The number of carbonyl (C=O) groups is 1. The molecule has 0 saturated carbocycles. The molecule has 10 heteroatoms. The highest BCUT2D eigenvalue weighted by molar-refractivity contribution is 6.39. The summed E-state index contributed by atoms with van der Waals surface area (Å²) in [4.78, 5) is 15.1. The summed E-state index contributed by atoms with van der Waals surface area (Å²) in [5.41, 5.74) is 4.73. The van der Waals surface area contributed by atoms with Crippen molar-refractivity contribution < 1.29 is 19.2 Å². The highest BCUT2D eigenvalue weighted by Crippen LogP contribution is 2.39. The second-order valence-corrected chi connectivity index (χ2v) is 9.40. The fourth-order valence-corrected chi connectivity index (χ4v) is 4.52. The topological polar surface area (TPSA) is 111 Å². The summed E-state index contributed by atoms with van der Waals surface area (Å²) in [5, 5.41) is 21.9. The van der Waals surface area contributed by atoms with Gasteiger partial charge in [-0.05, 0) is 47.5 Å². The molecule has 0 aliphatic rings. The number of nitrogens with zero attached hydrogens (tertiary/aromatic N) is 4. The van der Waals surface area contributed by atoms with Crippen LogP contribution in [-0.2, 0) is 6.61 Å². The normalized spacial score (nSPS) is 11.3. The first-order valence-corrected chi connectivity index (χ1v) is 12.1. The second-order valence-electron chi connectivity index (χ2n) is 8.58. The third-order valence-electron chi connectivity index (χ3n) is 5.76. The zero-order chi connectivity index (χ0) is 26.1. The number of carboxylic acid groups (broad SMARTS) is 1. The van der Waals surface area contributed by atoms with Crippen LogP contribution in [0.15, 0.2) is 65.2 Å². The van der Waals surface area contributed by atoms with Gasteiger partial charge in [0.2, 0.25) is 0 Å². The summed E-state index contributed by atoms with van der Waals surface area (Å²) in [6.07, 6.45) is 0. The van der Waals surface area contributed by atoms with Crippen LogP contribution in [-0.4, -0.2) is 31.4 Å². The fraction of sp³-hybridized carbons (Fsp3) is 0.148. The van der Waals surface area contributed by atoms with E-state index in [1.54, 1.807) is 24.3 Å². The predicted molar refractivity (Wildman–Crippen MR) is 140 cm³/mol. The number of benzene rings is 3. The lowest BCUT2D eigenvalue weighted by atomic mass is 10.0. The predicted octanol–water partition coefficient (Wildman–Crippen LogP) is 7.05. The van der Waals surface area contributed by atoms with Crippen LogP contribution < -0.4 is 4.74 Å². The molecule has 0 amide bonds. The number of ether oxygens (including phenoxy) is 1. The van der Waals surface area contributed by atoms with Crippen LogP contribution >= 0.6 is 23.2 Å². The van der Waals surface area contributed by atoms with Gasteiger partial charge in [0.25, 0.3) is 5.82 Å². The van der Waals surface area contributed by atoms with Crippen molar-refractivity contribution in [3.8, 4) is 28.1 Å². The number of hydrogen-bond acceptors (Lipinski definition) is 7. The molecule has 186 valence electrons. The third kappa shape index (κ3) is 4.98.